The monoisotopic (exact) mass is 200 g/mol. The molecule has 2 heterocycles. The van der Waals surface area contributed by atoms with E-state index in [1.165, 1.54) is 22.2 Å². The summed E-state index contributed by atoms with van der Waals surface area (Å²) in [5, 5.41) is 4.92. The first-order chi connectivity index (χ1) is 7.29. The van der Waals surface area contributed by atoms with E-state index in [9.17, 15) is 0 Å². The molecule has 0 bridgehead atoms. The number of hydrogen-bond acceptors (Lipinski definition) is 1. The van der Waals surface area contributed by atoms with Gasteiger partial charge in [0.1, 0.15) is 0 Å². The molecule has 0 fully saturated rings. The standard InChI is InChI=1S/C13H16N2/c1-9-11-5-3-4-6-12(11)15-8-7-14-10(2)13(9)15/h3-6,10,14H,7-8H2,1-2H3. The number of nitrogens with zero attached hydrogens (tertiary/aromatic N) is 1. The van der Waals surface area contributed by atoms with Crippen LogP contribution < -0.4 is 5.32 Å². The average molecular weight is 200 g/mol. The summed E-state index contributed by atoms with van der Waals surface area (Å²) in [6, 6.07) is 9.18. The van der Waals surface area contributed by atoms with Gasteiger partial charge in [0.05, 0.1) is 0 Å². The molecule has 1 aromatic heterocycles. The molecule has 1 atom stereocenters. The topological polar surface area (TPSA) is 17.0 Å². The predicted octanol–water partition coefficient (Wildman–Crippen LogP) is 2.61. The van der Waals surface area contributed by atoms with Gasteiger partial charge in [0.2, 0.25) is 0 Å². The van der Waals surface area contributed by atoms with Crippen molar-refractivity contribution in [3.8, 4) is 0 Å². The largest absolute Gasteiger partial charge is 0.342 e. The number of hydrogen-bond donors (Lipinski definition) is 1. The van der Waals surface area contributed by atoms with Gasteiger partial charge in [-0.15, -0.1) is 0 Å². The van der Waals surface area contributed by atoms with Crippen LogP contribution in [0.5, 0.6) is 0 Å². The van der Waals surface area contributed by atoms with Gasteiger partial charge in [-0.05, 0) is 25.5 Å². The van der Waals surface area contributed by atoms with Crippen LogP contribution in [-0.4, -0.2) is 11.1 Å². The molecule has 2 aromatic rings. The predicted molar refractivity (Wildman–Crippen MR) is 63.1 cm³/mol. The van der Waals surface area contributed by atoms with E-state index in [1.807, 2.05) is 0 Å². The third-order valence-electron chi connectivity index (χ3n) is 3.47. The van der Waals surface area contributed by atoms with Crippen LogP contribution in [-0.2, 0) is 6.54 Å². The van der Waals surface area contributed by atoms with Gasteiger partial charge in [0.25, 0.3) is 0 Å². The van der Waals surface area contributed by atoms with E-state index in [0.717, 1.165) is 13.1 Å². The Bertz CT molecular complexity index is 510. The Morgan fingerprint density at radius 2 is 2.13 bits per heavy atom. The lowest BCUT2D eigenvalue weighted by molar-refractivity contribution is 0.453. The molecule has 0 radical (unpaired) electrons. The lowest BCUT2D eigenvalue weighted by Gasteiger charge is -2.24. The van der Waals surface area contributed by atoms with E-state index in [1.54, 1.807) is 0 Å². The number of aryl methyl sites for hydroxylation is 1. The molecule has 0 aliphatic carbocycles. The van der Waals surface area contributed by atoms with Crippen molar-refractivity contribution in [2.24, 2.45) is 0 Å². The lowest BCUT2D eigenvalue weighted by Crippen LogP contribution is -2.31. The molecule has 2 heteroatoms. The maximum absolute atomic E-state index is 3.52. The summed E-state index contributed by atoms with van der Waals surface area (Å²) in [4.78, 5) is 0. The maximum Gasteiger partial charge on any atom is 0.0486 e. The average Bonchev–Trinajstić information content (AvgIpc) is 2.55. The van der Waals surface area contributed by atoms with E-state index < -0.39 is 0 Å². The fraction of sp³-hybridized carbons (Fsp3) is 0.385. The van der Waals surface area contributed by atoms with E-state index in [-0.39, 0.29) is 0 Å². The van der Waals surface area contributed by atoms with Crippen molar-refractivity contribution in [2.75, 3.05) is 6.54 Å². The molecule has 0 saturated heterocycles. The second kappa shape index (κ2) is 3.11. The summed E-state index contributed by atoms with van der Waals surface area (Å²) in [6.07, 6.45) is 0. The second-order valence-electron chi connectivity index (χ2n) is 4.35. The molecule has 0 spiro atoms. The Morgan fingerprint density at radius 1 is 1.33 bits per heavy atom. The van der Waals surface area contributed by atoms with Crippen LogP contribution in [0.25, 0.3) is 10.9 Å². The highest BCUT2D eigenvalue weighted by Crippen LogP contribution is 2.31. The fourth-order valence-corrected chi connectivity index (χ4v) is 2.79. The molecular weight excluding hydrogens is 184 g/mol. The number of benzene rings is 1. The van der Waals surface area contributed by atoms with Gasteiger partial charge in [-0.25, -0.2) is 0 Å². The Labute approximate surface area is 89.9 Å². The van der Waals surface area contributed by atoms with Crippen LogP contribution in [0.15, 0.2) is 24.3 Å². The fourth-order valence-electron chi connectivity index (χ4n) is 2.79. The lowest BCUT2D eigenvalue weighted by atomic mass is 10.1. The van der Waals surface area contributed by atoms with Crippen LogP contribution in [0.3, 0.4) is 0 Å². The van der Waals surface area contributed by atoms with Crippen molar-refractivity contribution in [1.82, 2.24) is 9.88 Å². The summed E-state index contributed by atoms with van der Waals surface area (Å²) >= 11 is 0. The highest BCUT2D eigenvalue weighted by molar-refractivity contribution is 5.85. The third kappa shape index (κ3) is 1.15. The Morgan fingerprint density at radius 3 is 3.00 bits per heavy atom. The van der Waals surface area contributed by atoms with E-state index in [2.05, 4.69) is 48.0 Å². The number of para-hydroxylation sites is 1. The Kier molecular flexibility index (Phi) is 1.86. The third-order valence-corrected chi connectivity index (χ3v) is 3.47. The quantitative estimate of drug-likeness (QED) is 0.691. The zero-order valence-electron chi connectivity index (χ0n) is 9.25. The van der Waals surface area contributed by atoms with Crippen molar-refractivity contribution in [3.63, 3.8) is 0 Å². The van der Waals surface area contributed by atoms with Gasteiger partial charge in [0, 0.05) is 35.7 Å². The van der Waals surface area contributed by atoms with Crippen LogP contribution >= 0.6 is 0 Å². The van der Waals surface area contributed by atoms with Crippen molar-refractivity contribution in [1.29, 1.82) is 0 Å². The number of fused-ring (bicyclic) bond motifs is 3. The van der Waals surface area contributed by atoms with Gasteiger partial charge in [-0.3, -0.25) is 0 Å². The van der Waals surface area contributed by atoms with Crippen LogP contribution in [0.1, 0.15) is 24.2 Å². The van der Waals surface area contributed by atoms with Crippen LogP contribution in [0, 0.1) is 6.92 Å². The first-order valence-corrected chi connectivity index (χ1v) is 5.60. The highest BCUT2D eigenvalue weighted by Gasteiger charge is 2.21. The van der Waals surface area contributed by atoms with Crippen molar-refractivity contribution in [3.05, 3.63) is 35.5 Å². The summed E-state index contributed by atoms with van der Waals surface area (Å²) < 4.78 is 2.46. The number of rotatable bonds is 0. The Balaban J connectivity index is 2.40. The second-order valence-corrected chi connectivity index (χ2v) is 4.35. The SMILES string of the molecule is Cc1c2n(c3ccccc13)CCNC2C. The van der Waals surface area contributed by atoms with E-state index >= 15 is 0 Å². The molecule has 0 amide bonds. The summed E-state index contributed by atoms with van der Waals surface area (Å²) in [5.41, 5.74) is 4.28. The molecule has 1 aromatic carbocycles. The van der Waals surface area contributed by atoms with Gasteiger partial charge in [-0.2, -0.15) is 0 Å². The molecule has 1 unspecified atom stereocenters. The smallest absolute Gasteiger partial charge is 0.0486 e. The minimum atomic E-state index is 0.478. The number of aromatic nitrogens is 1. The van der Waals surface area contributed by atoms with E-state index in [0.29, 0.717) is 6.04 Å². The van der Waals surface area contributed by atoms with Crippen molar-refractivity contribution >= 4 is 10.9 Å². The minimum absolute atomic E-state index is 0.478. The van der Waals surface area contributed by atoms with E-state index in [4.69, 9.17) is 0 Å². The summed E-state index contributed by atoms with van der Waals surface area (Å²) in [5.74, 6) is 0. The van der Waals surface area contributed by atoms with Gasteiger partial charge >= 0.3 is 0 Å². The molecule has 15 heavy (non-hydrogen) atoms. The molecule has 0 saturated carbocycles. The normalized spacial score (nSPS) is 20.5. The molecular formula is C13H16N2. The molecule has 78 valence electrons. The first kappa shape index (κ1) is 8.98. The van der Waals surface area contributed by atoms with Gasteiger partial charge in [0.15, 0.2) is 0 Å². The molecule has 2 nitrogen and oxygen atoms in total. The molecule has 1 N–H and O–H groups in total. The van der Waals surface area contributed by atoms with Crippen LogP contribution in [0.4, 0.5) is 0 Å². The summed E-state index contributed by atoms with van der Waals surface area (Å²) in [7, 11) is 0. The van der Waals surface area contributed by atoms with Gasteiger partial charge < -0.3 is 9.88 Å². The molecule has 1 aliphatic rings. The van der Waals surface area contributed by atoms with Crippen molar-refractivity contribution in [2.45, 2.75) is 26.4 Å². The highest BCUT2D eigenvalue weighted by atomic mass is 15.1. The molecule has 1 aliphatic heterocycles. The van der Waals surface area contributed by atoms with Gasteiger partial charge in [-0.1, -0.05) is 18.2 Å². The van der Waals surface area contributed by atoms with Crippen LogP contribution in [0.2, 0.25) is 0 Å². The minimum Gasteiger partial charge on any atom is -0.342 e. The maximum atomic E-state index is 3.52. The zero-order valence-corrected chi connectivity index (χ0v) is 9.25. The Hall–Kier alpha value is -1.28. The molecule has 3 rings (SSSR count). The zero-order chi connectivity index (χ0) is 10.4. The summed E-state index contributed by atoms with van der Waals surface area (Å²) in [6.45, 7) is 6.65. The van der Waals surface area contributed by atoms with Crippen molar-refractivity contribution < 1.29 is 0 Å². The number of nitrogens with one attached hydrogen (secondary N) is 1. The first-order valence-electron chi connectivity index (χ1n) is 5.60.